The Balaban J connectivity index is 1.99. The zero-order chi connectivity index (χ0) is 20.3. The van der Waals surface area contributed by atoms with Crippen molar-refractivity contribution in [2.75, 3.05) is 12.8 Å². The SMILES string of the molecule is C=CCNC(=O)c1cnc(S(C)(=O)=O)nc1[NH2+]c1ccc2c(n1)[C@@H](CC)CC2. The first-order valence-corrected chi connectivity index (χ1v) is 11.0. The van der Waals surface area contributed by atoms with Crippen LogP contribution in [-0.4, -0.2) is 42.1 Å². The molecule has 3 N–H and O–H groups in total. The number of hydrogen-bond acceptors (Lipinski definition) is 6. The van der Waals surface area contributed by atoms with Crippen molar-refractivity contribution in [3.05, 3.63) is 47.8 Å². The van der Waals surface area contributed by atoms with Crippen molar-refractivity contribution in [1.82, 2.24) is 20.3 Å². The molecule has 3 rings (SSSR count). The van der Waals surface area contributed by atoms with Gasteiger partial charge in [-0.25, -0.2) is 23.7 Å². The molecule has 0 radical (unpaired) electrons. The Kier molecular flexibility index (Phi) is 5.85. The molecule has 8 nitrogen and oxygen atoms in total. The maximum atomic E-state index is 12.4. The number of carbonyl (C=O) groups excluding carboxylic acids is 1. The second kappa shape index (κ2) is 8.15. The minimum absolute atomic E-state index is 0.184. The zero-order valence-electron chi connectivity index (χ0n) is 16.0. The van der Waals surface area contributed by atoms with Crippen LogP contribution in [-0.2, 0) is 16.3 Å². The number of carbonyl (C=O) groups is 1. The number of nitrogens with two attached hydrogens (primary N) is 1. The van der Waals surface area contributed by atoms with E-state index in [1.165, 1.54) is 11.8 Å². The van der Waals surface area contributed by atoms with Crippen LogP contribution in [0.3, 0.4) is 0 Å². The number of nitrogens with one attached hydrogen (secondary N) is 1. The number of nitrogens with zero attached hydrogens (tertiary/aromatic N) is 3. The van der Waals surface area contributed by atoms with E-state index in [-0.39, 0.29) is 23.1 Å². The number of amides is 1. The molecule has 2 aromatic rings. The van der Waals surface area contributed by atoms with Crippen molar-refractivity contribution in [3.8, 4) is 0 Å². The predicted octanol–water partition coefficient (Wildman–Crippen LogP) is 1.16. The fourth-order valence-electron chi connectivity index (χ4n) is 3.27. The molecule has 0 unspecified atom stereocenters. The van der Waals surface area contributed by atoms with Gasteiger partial charge in [0.25, 0.3) is 11.1 Å². The molecule has 2 heterocycles. The van der Waals surface area contributed by atoms with Gasteiger partial charge in [-0.1, -0.05) is 13.0 Å². The van der Waals surface area contributed by atoms with Gasteiger partial charge in [-0.15, -0.1) is 6.58 Å². The van der Waals surface area contributed by atoms with Crippen LogP contribution < -0.4 is 10.6 Å². The second-order valence-electron chi connectivity index (χ2n) is 6.79. The zero-order valence-corrected chi connectivity index (χ0v) is 16.8. The molecule has 28 heavy (non-hydrogen) atoms. The maximum absolute atomic E-state index is 12.4. The van der Waals surface area contributed by atoms with Gasteiger partial charge in [-0.3, -0.25) is 4.79 Å². The summed E-state index contributed by atoms with van der Waals surface area (Å²) < 4.78 is 23.7. The first-order valence-electron chi connectivity index (χ1n) is 9.14. The Morgan fingerprint density at radius 1 is 1.39 bits per heavy atom. The number of pyridine rings is 1. The van der Waals surface area contributed by atoms with Gasteiger partial charge in [0.2, 0.25) is 21.5 Å². The summed E-state index contributed by atoms with van der Waals surface area (Å²) in [5.74, 6) is 0.875. The second-order valence-corrected chi connectivity index (χ2v) is 8.70. The fraction of sp³-hybridized carbons (Fsp3) is 0.368. The summed E-state index contributed by atoms with van der Waals surface area (Å²) >= 11 is 0. The van der Waals surface area contributed by atoms with Gasteiger partial charge in [0.1, 0.15) is 5.56 Å². The predicted molar refractivity (Wildman–Crippen MR) is 105 cm³/mol. The van der Waals surface area contributed by atoms with Crippen LogP contribution in [0.15, 0.2) is 36.1 Å². The van der Waals surface area contributed by atoms with Crippen molar-refractivity contribution in [2.24, 2.45) is 0 Å². The Labute approximate surface area is 164 Å². The van der Waals surface area contributed by atoms with Crippen molar-refractivity contribution in [2.45, 2.75) is 37.3 Å². The van der Waals surface area contributed by atoms with E-state index < -0.39 is 15.7 Å². The van der Waals surface area contributed by atoms with Crippen LogP contribution >= 0.6 is 0 Å². The first-order chi connectivity index (χ1) is 13.3. The lowest BCUT2D eigenvalue weighted by molar-refractivity contribution is -0.487. The monoisotopic (exact) mass is 402 g/mol. The van der Waals surface area contributed by atoms with Crippen LogP contribution in [0.5, 0.6) is 0 Å². The van der Waals surface area contributed by atoms with Gasteiger partial charge in [0.05, 0.1) is 11.9 Å². The summed E-state index contributed by atoms with van der Waals surface area (Å²) in [6.07, 6.45) is 6.94. The number of quaternary nitrogens is 1. The molecule has 0 saturated carbocycles. The molecule has 9 heteroatoms. The van der Waals surface area contributed by atoms with Crippen LogP contribution in [0.4, 0.5) is 11.6 Å². The van der Waals surface area contributed by atoms with Gasteiger partial charge in [0.15, 0.2) is 0 Å². The highest BCUT2D eigenvalue weighted by atomic mass is 32.2. The molecule has 0 saturated heterocycles. The van der Waals surface area contributed by atoms with E-state index in [1.807, 2.05) is 12.1 Å². The van der Waals surface area contributed by atoms with Crippen molar-refractivity contribution in [1.29, 1.82) is 0 Å². The third kappa shape index (κ3) is 4.26. The number of aromatic nitrogens is 3. The molecule has 0 fully saturated rings. The highest BCUT2D eigenvalue weighted by Crippen LogP contribution is 2.34. The minimum atomic E-state index is -3.61. The Bertz CT molecular complexity index is 1020. The van der Waals surface area contributed by atoms with Crippen LogP contribution in [0.25, 0.3) is 0 Å². The molecule has 0 aliphatic heterocycles. The average Bonchev–Trinajstić information content (AvgIpc) is 3.07. The van der Waals surface area contributed by atoms with Crippen LogP contribution in [0, 0.1) is 0 Å². The summed E-state index contributed by atoms with van der Waals surface area (Å²) in [4.78, 5) is 25.1. The van der Waals surface area contributed by atoms with E-state index in [2.05, 4.69) is 28.8 Å². The molecule has 1 aliphatic rings. The van der Waals surface area contributed by atoms with Crippen LogP contribution in [0.1, 0.15) is 47.3 Å². The molecular weight excluding hydrogens is 378 g/mol. The Morgan fingerprint density at radius 3 is 2.86 bits per heavy atom. The van der Waals surface area contributed by atoms with Gasteiger partial charge < -0.3 is 5.32 Å². The summed E-state index contributed by atoms with van der Waals surface area (Å²) in [6.45, 7) is 5.99. The van der Waals surface area contributed by atoms with Gasteiger partial charge in [-0.05, 0) is 30.9 Å². The molecule has 0 aromatic carbocycles. The minimum Gasteiger partial charge on any atom is -0.348 e. The molecule has 0 spiro atoms. The van der Waals surface area contributed by atoms with E-state index in [0.29, 0.717) is 11.7 Å². The first kappa shape index (κ1) is 20.1. The molecule has 1 atom stereocenters. The highest BCUT2D eigenvalue weighted by Gasteiger charge is 2.26. The molecule has 0 bridgehead atoms. The van der Waals surface area contributed by atoms with Crippen LogP contribution in [0.2, 0.25) is 0 Å². The van der Waals surface area contributed by atoms with E-state index in [9.17, 15) is 13.2 Å². The average molecular weight is 403 g/mol. The summed E-state index contributed by atoms with van der Waals surface area (Å²) in [7, 11) is -3.61. The van der Waals surface area contributed by atoms with Gasteiger partial charge in [-0.2, -0.15) is 4.98 Å². The van der Waals surface area contributed by atoms with Crippen molar-refractivity contribution < 1.29 is 18.5 Å². The summed E-state index contributed by atoms with van der Waals surface area (Å²) in [6, 6.07) is 3.91. The quantitative estimate of drug-likeness (QED) is 0.530. The van der Waals surface area contributed by atoms with Gasteiger partial charge >= 0.3 is 0 Å². The lowest BCUT2D eigenvalue weighted by atomic mass is 10.0. The Morgan fingerprint density at radius 2 is 2.18 bits per heavy atom. The topological polar surface area (TPSA) is 119 Å². The van der Waals surface area contributed by atoms with Crippen molar-refractivity contribution in [3.63, 3.8) is 0 Å². The van der Waals surface area contributed by atoms with Gasteiger partial charge in [0, 0.05) is 24.8 Å². The third-order valence-corrected chi connectivity index (χ3v) is 5.60. The lowest BCUT2D eigenvalue weighted by Crippen LogP contribution is -2.73. The smallest absolute Gasteiger partial charge is 0.261 e. The van der Waals surface area contributed by atoms with E-state index in [4.69, 9.17) is 4.98 Å². The number of rotatable bonds is 7. The van der Waals surface area contributed by atoms with E-state index >= 15 is 0 Å². The molecule has 1 amide bonds. The number of hydrogen-bond donors (Lipinski definition) is 2. The fourth-order valence-corrected chi connectivity index (χ4v) is 3.78. The van der Waals surface area contributed by atoms with E-state index in [0.717, 1.165) is 31.2 Å². The van der Waals surface area contributed by atoms with E-state index in [1.54, 1.807) is 11.4 Å². The standard InChI is InChI=1S/C19H23N5O3S/c1-4-10-20-18(25)14-11-21-19(28(3,26)27)24-17(14)23-15-9-8-13-7-6-12(5-2)16(13)22-15/h4,8-9,11-12H,1,5-7,10H2,2-3H3,(H,20,25)(H,21,22,23,24)/p+1/t12-/m0/s1. The Hall–Kier alpha value is -2.65. The summed E-state index contributed by atoms with van der Waals surface area (Å²) in [5.41, 5.74) is 2.50. The largest absolute Gasteiger partial charge is 0.348 e. The number of fused-ring (bicyclic) bond motifs is 1. The lowest BCUT2D eigenvalue weighted by Gasteiger charge is -2.10. The number of aryl methyl sites for hydroxylation is 1. The summed E-state index contributed by atoms with van der Waals surface area (Å²) in [5, 5.41) is 3.97. The highest BCUT2D eigenvalue weighted by molar-refractivity contribution is 7.90. The molecule has 1 aliphatic carbocycles. The third-order valence-electron chi connectivity index (χ3n) is 4.74. The normalized spacial score (nSPS) is 15.9. The molecule has 2 aromatic heterocycles. The molecule has 148 valence electrons. The molecular formula is C19H24N5O3S+. The van der Waals surface area contributed by atoms with Crippen molar-refractivity contribution >= 4 is 27.4 Å². The number of sulfone groups is 1. The maximum Gasteiger partial charge on any atom is 0.261 e.